The normalized spacial score (nSPS) is 24.7. The van der Waals surface area contributed by atoms with Crippen LogP contribution in [0.15, 0.2) is 52.2 Å². The molecule has 4 unspecified atom stereocenters. The second-order valence-corrected chi connectivity index (χ2v) is 12.9. The molecular formula is C26H34N3O9PS. The van der Waals surface area contributed by atoms with E-state index in [1.54, 1.807) is 65.0 Å². The first kappa shape index (κ1) is 31.7. The van der Waals surface area contributed by atoms with Crippen molar-refractivity contribution in [1.29, 1.82) is 0 Å². The van der Waals surface area contributed by atoms with Gasteiger partial charge in [0.15, 0.2) is 11.8 Å². The molecule has 3 rings (SSSR count). The Morgan fingerprint density at radius 3 is 2.50 bits per heavy atom. The fraction of sp³-hybridized carbons (Fsp3) is 0.500. The number of aliphatic hydroxyl groups excluding tert-OH is 1. The maximum absolute atomic E-state index is 12.5. The number of ether oxygens (including phenoxy) is 2. The molecule has 1 aliphatic heterocycles. The number of nitrogens with zero attached hydrogens (tertiary/aromatic N) is 1. The summed E-state index contributed by atoms with van der Waals surface area (Å²) >= 11 is 5.69. The van der Waals surface area contributed by atoms with Gasteiger partial charge in [-0.25, -0.2) is 9.88 Å². The molecule has 4 N–H and O–H groups in total. The summed E-state index contributed by atoms with van der Waals surface area (Å²) in [5.41, 5.74) is -3.76. The van der Waals surface area contributed by atoms with Crippen molar-refractivity contribution in [3.63, 3.8) is 0 Å². The van der Waals surface area contributed by atoms with Crippen molar-refractivity contribution in [2.75, 3.05) is 6.61 Å². The van der Waals surface area contributed by atoms with E-state index >= 15 is 0 Å². The van der Waals surface area contributed by atoms with Crippen LogP contribution in [0.4, 0.5) is 0 Å². The molecule has 1 saturated heterocycles. The number of nitrogens with one attached hydrogen (secondary N) is 2. The molecule has 40 heavy (non-hydrogen) atoms. The number of hydrogen-bond donors (Lipinski definition) is 4. The highest BCUT2D eigenvalue weighted by Gasteiger charge is 2.56. The van der Waals surface area contributed by atoms with Crippen LogP contribution < -0.4 is 20.9 Å². The molecular weight excluding hydrogens is 561 g/mol. The maximum atomic E-state index is 12.5. The van der Waals surface area contributed by atoms with Gasteiger partial charge < -0.3 is 28.7 Å². The third-order valence-corrected chi connectivity index (χ3v) is 8.08. The first-order chi connectivity index (χ1) is 18.7. The summed E-state index contributed by atoms with van der Waals surface area (Å²) in [6.07, 6.45) is -3.61. The van der Waals surface area contributed by atoms with E-state index in [1.165, 1.54) is 0 Å². The van der Waals surface area contributed by atoms with Crippen molar-refractivity contribution in [2.45, 2.75) is 70.8 Å². The molecule has 0 amide bonds. The van der Waals surface area contributed by atoms with Gasteiger partial charge in [0.2, 0.25) is 0 Å². The monoisotopic (exact) mass is 595 g/mol. The van der Waals surface area contributed by atoms with Gasteiger partial charge in [0.25, 0.3) is 5.56 Å². The second-order valence-electron chi connectivity index (χ2n) is 9.77. The van der Waals surface area contributed by atoms with E-state index in [0.717, 1.165) is 16.8 Å². The van der Waals surface area contributed by atoms with Crippen LogP contribution in [-0.2, 0) is 30.6 Å². The minimum Gasteiger partial charge on any atom is -0.462 e. The minimum absolute atomic E-state index is 0.179. The number of hydrogen-bond acceptors (Lipinski definition) is 10. The molecule has 0 radical (unpaired) electrons. The Labute approximate surface area is 236 Å². The molecule has 2 heterocycles. The maximum Gasteiger partial charge on any atom is 0.330 e. The Hall–Kier alpha value is -2.82. The average molecular weight is 596 g/mol. The number of rotatable bonds is 10. The first-order valence-electron chi connectivity index (χ1n) is 12.6. The number of aromatic nitrogens is 2. The Morgan fingerprint density at radius 1 is 1.23 bits per heavy atom. The standard InChI is InChI=1S/C26H34N3O9PS/c1-16(2)11-13-26(34)22(31)20(37-24(26)29-14-12-21(30)27-25(29)33)15-35-39(40,38-19-9-7-6-8-10-19)28-18(5)23(32)36-17(3)4/h6-10,12,14,16-18,20,22,24,31,34H,15H2,1-5H3,(H,28,40)(H,27,30,33)/t18?,20?,22-,24?,26-,39?/m1/s1. The van der Waals surface area contributed by atoms with Crippen LogP contribution in [0, 0.1) is 17.8 Å². The van der Waals surface area contributed by atoms with Crippen LogP contribution in [0.1, 0.15) is 40.8 Å². The topological polar surface area (TPSA) is 161 Å². The number of aliphatic hydroxyl groups is 2. The zero-order valence-electron chi connectivity index (χ0n) is 22.8. The third-order valence-electron chi connectivity index (χ3n) is 5.58. The van der Waals surface area contributed by atoms with Crippen molar-refractivity contribution >= 4 is 24.4 Å². The predicted octanol–water partition coefficient (Wildman–Crippen LogP) is 1.44. The number of para-hydroxylation sites is 1. The second kappa shape index (κ2) is 13.2. The van der Waals surface area contributed by atoms with Gasteiger partial charge in [-0.1, -0.05) is 43.9 Å². The van der Waals surface area contributed by atoms with Gasteiger partial charge in [0, 0.05) is 18.2 Å². The van der Waals surface area contributed by atoms with Crippen LogP contribution in [0.5, 0.6) is 5.75 Å². The number of H-pyrrole nitrogens is 1. The molecule has 2 aromatic rings. The number of esters is 1. The number of benzene rings is 1. The summed E-state index contributed by atoms with van der Waals surface area (Å²) in [5.74, 6) is 5.04. The summed E-state index contributed by atoms with van der Waals surface area (Å²) in [5, 5.41) is 25.5. The smallest absolute Gasteiger partial charge is 0.330 e. The molecule has 1 aliphatic rings. The lowest BCUT2D eigenvalue weighted by Crippen LogP contribution is -2.48. The molecule has 0 aliphatic carbocycles. The Balaban J connectivity index is 1.90. The van der Waals surface area contributed by atoms with Crippen molar-refractivity contribution < 1.29 is 33.5 Å². The molecule has 6 atom stereocenters. The summed E-state index contributed by atoms with van der Waals surface area (Å²) in [4.78, 5) is 38.7. The van der Waals surface area contributed by atoms with Gasteiger partial charge in [-0.3, -0.25) is 19.1 Å². The lowest BCUT2D eigenvalue weighted by Gasteiger charge is -2.28. The van der Waals surface area contributed by atoms with Crippen LogP contribution in [0.25, 0.3) is 0 Å². The quantitative estimate of drug-likeness (QED) is 0.179. The SMILES string of the molecule is CC(C)C#C[C@]1(O)C(n2ccc(=O)[nH]c2=O)OC(COP(=S)(NC(C)C(=O)OC(C)C)Oc2ccccc2)[C@H]1O. The molecule has 1 fully saturated rings. The molecule has 0 saturated carbocycles. The number of aromatic amines is 1. The van der Waals surface area contributed by atoms with Crippen LogP contribution in [0.2, 0.25) is 0 Å². The zero-order valence-corrected chi connectivity index (χ0v) is 24.5. The molecule has 218 valence electrons. The highest BCUT2D eigenvalue weighted by molar-refractivity contribution is 8.09. The highest BCUT2D eigenvalue weighted by Crippen LogP contribution is 2.47. The molecule has 12 nitrogen and oxygen atoms in total. The van der Waals surface area contributed by atoms with Crippen molar-refractivity contribution in [3.05, 3.63) is 63.4 Å². The lowest BCUT2D eigenvalue weighted by molar-refractivity contribution is -0.149. The van der Waals surface area contributed by atoms with Crippen molar-refractivity contribution in [1.82, 2.24) is 14.6 Å². The van der Waals surface area contributed by atoms with Crippen molar-refractivity contribution in [2.24, 2.45) is 5.92 Å². The van der Waals surface area contributed by atoms with Gasteiger partial charge in [-0.05, 0) is 44.7 Å². The van der Waals surface area contributed by atoms with Crippen molar-refractivity contribution in [3.8, 4) is 17.6 Å². The van der Waals surface area contributed by atoms with Crippen LogP contribution in [0.3, 0.4) is 0 Å². The fourth-order valence-corrected chi connectivity index (χ4v) is 6.11. The van der Waals surface area contributed by atoms with E-state index in [-0.39, 0.29) is 12.0 Å². The average Bonchev–Trinajstić information content (AvgIpc) is 3.12. The summed E-state index contributed by atoms with van der Waals surface area (Å²) in [6.45, 7) is 4.63. The van der Waals surface area contributed by atoms with Gasteiger partial charge in [0.1, 0.15) is 24.0 Å². The molecule has 1 aromatic carbocycles. The largest absolute Gasteiger partial charge is 0.462 e. The Bertz CT molecular complexity index is 1400. The zero-order chi connectivity index (χ0) is 29.7. The van der Waals surface area contributed by atoms with E-state index in [2.05, 4.69) is 21.9 Å². The Kier molecular flexibility index (Phi) is 10.5. The first-order valence-corrected chi connectivity index (χ1v) is 15.3. The third kappa shape index (κ3) is 7.89. The highest BCUT2D eigenvalue weighted by atomic mass is 32.5. The van der Waals surface area contributed by atoms with Gasteiger partial charge >= 0.3 is 18.3 Å². The van der Waals surface area contributed by atoms with Gasteiger partial charge in [-0.2, -0.15) is 0 Å². The molecule has 1 aromatic heterocycles. The van der Waals surface area contributed by atoms with Crippen LogP contribution in [-0.4, -0.2) is 62.3 Å². The summed E-state index contributed by atoms with van der Waals surface area (Å²) in [6, 6.07) is 8.73. The summed E-state index contributed by atoms with van der Waals surface area (Å²) < 4.78 is 24.0. The molecule has 0 bridgehead atoms. The fourth-order valence-electron chi connectivity index (χ4n) is 3.69. The summed E-state index contributed by atoms with van der Waals surface area (Å²) in [7, 11) is 0. The van der Waals surface area contributed by atoms with Gasteiger partial charge in [-0.15, -0.1) is 0 Å². The Morgan fingerprint density at radius 2 is 1.90 bits per heavy atom. The molecule has 0 spiro atoms. The van der Waals surface area contributed by atoms with E-state index in [9.17, 15) is 24.6 Å². The number of carbonyl (C=O) groups is 1. The lowest BCUT2D eigenvalue weighted by atomic mass is 9.94. The molecule has 14 heteroatoms. The van der Waals surface area contributed by atoms with E-state index < -0.39 is 60.5 Å². The predicted molar refractivity (Wildman–Crippen MR) is 150 cm³/mol. The van der Waals surface area contributed by atoms with E-state index in [4.69, 9.17) is 30.3 Å². The van der Waals surface area contributed by atoms with Crippen LogP contribution >= 0.6 is 6.64 Å². The van der Waals surface area contributed by atoms with E-state index in [0.29, 0.717) is 5.75 Å². The van der Waals surface area contributed by atoms with E-state index in [1.807, 2.05) is 0 Å². The number of carbonyl (C=O) groups excluding carboxylic acids is 1. The minimum atomic E-state index is -3.50. The van der Waals surface area contributed by atoms with Gasteiger partial charge in [0.05, 0.1) is 12.7 Å².